The minimum absolute atomic E-state index is 0.272. The van der Waals surface area contributed by atoms with Gasteiger partial charge in [-0.1, -0.05) is 65.7 Å². The van der Waals surface area contributed by atoms with Gasteiger partial charge < -0.3 is 10.1 Å². The summed E-state index contributed by atoms with van der Waals surface area (Å²) in [5, 5.41) is 7.79. The minimum Gasteiger partial charge on any atom is -0.422 e. The van der Waals surface area contributed by atoms with E-state index in [0.29, 0.717) is 26.2 Å². The van der Waals surface area contributed by atoms with Crippen LogP contribution >= 0.6 is 34.5 Å². The monoisotopic (exact) mass is 525 g/mol. The largest absolute Gasteiger partial charge is 0.422 e. The summed E-state index contributed by atoms with van der Waals surface area (Å²) < 4.78 is 6.37. The van der Waals surface area contributed by atoms with Gasteiger partial charge >= 0.3 is 5.97 Å². The number of halogens is 2. The van der Waals surface area contributed by atoms with Crippen LogP contribution in [-0.2, 0) is 4.79 Å². The van der Waals surface area contributed by atoms with Crippen LogP contribution in [0.15, 0.2) is 77.9 Å². The molecule has 3 aromatic carbocycles. The molecule has 2 N–H and O–H groups in total. The van der Waals surface area contributed by atoms with Crippen LogP contribution in [0, 0.1) is 0 Å². The first-order valence-corrected chi connectivity index (χ1v) is 11.8. The van der Waals surface area contributed by atoms with E-state index in [1.807, 2.05) is 24.3 Å². The zero-order valence-electron chi connectivity index (χ0n) is 18.0. The average Bonchev–Trinajstić information content (AvgIpc) is 3.20. The summed E-state index contributed by atoms with van der Waals surface area (Å²) >= 11 is 13.6. The molecule has 0 aliphatic heterocycles. The van der Waals surface area contributed by atoms with E-state index in [2.05, 4.69) is 15.8 Å². The SMILES string of the molecule is O=C(CNC(=O)c1ccccc1Cl)NN=Cc1cccc(OC(=O)c2sc3ccccc3c2Cl)c1. The first kappa shape index (κ1) is 24.4. The molecular formula is C25H17Cl2N3O4S. The number of benzene rings is 3. The van der Waals surface area contributed by atoms with E-state index in [0.717, 1.165) is 10.1 Å². The Morgan fingerprint density at radius 3 is 2.54 bits per heavy atom. The molecule has 0 atom stereocenters. The third-order valence-corrected chi connectivity index (χ3v) is 6.70. The summed E-state index contributed by atoms with van der Waals surface area (Å²) in [7, 11) is 0. The van der Waals surface area contributed by atoms with E-state index in [1.54, 1.807) is 48.5 Å². The van der Waals surface area contributed by atoms with Gasteiger partial charge in [0.05, 0.1) is 28.4 Å². The van der Waals surface area contributed by atoms with Crippen molar-refractivity contribution in [1.82, 2.24) is 10.7 Å². The Balaban J connectivity index is 1.32. The third-order valence-electron chi connectivity index (χ3n) is 4.72. The molecule has 0 saturated heterocycles. The smallest absolute Gasteiger partial charge is 0.355 e. The average molecular weight is 526 g/mol. The van der Waals surface area contributed by atoms with Gasteiger partial charge in [-0.2, -0.15) is 5.10 Å². The maximum Gasteiger partial charge on any atom is 0.355 e. The number of fused-ring (bicyclic) bond motifs is 1. The van der Waals surface area contributed by atoms with Crippen molar-refractivity contribution in [1.29, 1.82) is 0 Å². The van der Waals surface area contributed by atoms with Crippen LogP contribution in [0.1, 0.15) is 25.6 Å². The number of carbonyl (C=O) groups excluding carboxylic acids is 3. The number of ether oxygens (including phenoxy) is 1. The predicted octanol–water partition coefficient (Wildman–Crippen LogP) is 5.31. The van der Waals surface area contributed by atoms with Crippen molar-refractivity contribution >= 4 is 68.6 Å². The van der Waals surface area contributed by atoms with Crippen molar-refractivity contribution in [3.8, 4) is 5.75 Å². The molecule has 0 aliphatic carbocycles. The van der Waals surface area contributed by atoms with E-state index in [4.69, 9.17) is 27.9 Å². The molecule has 1 heterocycles. The second-order valence-electron chi connectivity index (χ2n) is 7.16. The molecule has 0 fully saturated rings. The highest BCUT2D eigenvalue weighted by molar-refractivity contribution is 7.21. The third kappa shape index (κ3) is 6.05. The lowest BCUT2D eigenvalue weighted by molar-refractivity contribution is -0.120. The number of hydrogen-bond donors (Lipinski definition) is 2. The Morgan fingerprint density at radius 1 is 0.971 bits per heavy atom. The van der Waals surface area contributed by atoms with E-state index >= 15 is 0 Å². The van der Waals surface area contributed by atoms with Gasteiger partial charge in [0.1, 0.15) is 10.6 Å². The number of hydrogen-bond acceptors (Lipinski definition) is 6. The summed E-state index contributed by atoms with van der Waals surface area (Å²) in [6, 6.07) is 20.6. The second kappa shape index (κ2) is 11.1. The van der Waals surface area contributed by atoms with Gasteiger partial charge in [0.25, 0.3) is 11.8 Å². The van der Waals surface area contributed by atoms with E-state index in [9.17, 15) is 14.4 Å². The number of esters is 1. The molecule has 35 heavy (non-hydrogen) atoms. The van der Waals surface area contributed by atoms with E-state index in [1.165, 1.54) is 17.6 Å². The molecule has 2 amide bonds. The van der Waals surface area contributed by atoms with Gasteiger partial charge in [0, 0.05) is 10.1 Å². The Hall–Kier alpha value is -3.72. The van der Waals surface area contributed by atoms with Crippen LogP contribution in [0.5, 0.6) is 5.75 Å². The van der Waals surface area contributed by atoms with Crippen molar-refractivity contribution in [3.05, 3.63) is 98.8 Å². The first-order chi connectivity index (χ1) is 16.9. The molecule has 4 aromatic rings. The standard InChI is InChI=1S/C25H17Cl2N3O4S/c26-19-10-3-1-8-17(19)24(32)28-14-21(31)30-29-13-15-6-5-7-16(12-15)34-25(33)23-22(27)18-9-2-4-11-20(18)35-23/h1-13H,14H2,(H,28,32)(H,30,31). The molecule has 10 heteroatoms. The fourth-order valence-corrected chi connectivity index (χ4v) is 4.68. The maximum absolute atomic E-state index is 12.6. The number of rotatable bonds is 7. The Bertz CT molecular complexity index is 1450. The molecule has 0 unspecified atom stereocenters. The summed E-state index contributed by atoms with van der Waals surface area (Å²) in [4.78, 5) is 37.0. The Morgan fingerprint density at radius 2 is 1.74 bits per heavy atom. The lowest BCUT2D eigenvalue weighted by atomic mass is 10.2. The lowest BCUT2D eigenvalue weighted by Crippen LogP contribution is -2.35. The molecule has 0 radical (unpaired) electrons. The Kier molecular flexibility index (Phi) is 7.77. The highest BCUT2D eigenvalue weighted by atomic mass is 35.5. The van der Waals surface area contributed by atoms with Gasteiger partial charge in [0.2, 0.25) is 0 Å². The normalized spacial score (nSPS) is 10.9. The molecule has 176 valence electrons. The molecule has 0 aliphatic rings. The lowest BCUT2D eigenvalue weighted by Gasteiger charge is -2.06. The minimum atomic E-state index is -0.562. The molecule has 7 nitrogen and oxygen atoms in total. The first-order valence-electron chi connectivity index (χ1n) is 10.3. The molecule has 0 bridgehead atoms. The van der Waals surface area contributed by atoms with Gasteiger partial charge in [-0.15, -0.1) is 11.3 Å². The van der Waals surface area contributed by atoms with Gasteiger partial charge in [0.15, 0.2) is 0 Å². The van der Waals surface area contributed by atoms with Crippen LogP contribution in [0.2, 0.25) is 10.0 Å². The van der Waals surface area contributed by atoms with Gasteiger partial charge in [-0.3, -0.25) is 9.59 Å². The summed E-state index contributed by atoms with van der Waals surface area (Å²) in [6.07, 6.45) is 1.39. The quantitative estimate of drug-likeness (QED) is 0.148. The number of amides is 2. The number of hydrazone groups is 1. The summed E-state index contributed by atoms with van der Waals surface area (Å²) in [5.74, 6) is -1.26. The van der Waals surface area contributed by atoms with Crippen LogP contribution < -0.4 is 15.5 Å². The predicted molar refractivity (Wildman–Crippen MR) is 138 cm³/mol. The second-order valence-corrected chi connectivity index (χ2v) is 9.00. The zero-order chi connectivity index (χ0) is 24.8. The van der Waals surface area contributed by atoms with Crippen molar-refractivity contribution in [2.75, 3.05) is 6.54 Å². The maximum atomic E-state index is 12.6. The van der Waals surface area contributed by atoms with Crippen LogP contribution in [0.4, 0.5) is 0 Å². The molecule has 0 spiro atoms. The van der Waals surface area contributed by atoms with Gasteiger partial charge in [-0.05, 0) is 35.9 Å². The molecule has 4 rings (SSSR count). The van der Waals surface area contributed by atoms with Crippen LogP contribution in [-0.4, -0.2) is 30.5 Å². The van der Waals surface area contributed by atoms with Crippen molar-refractivity contribution in [2.45, 2.75) is 0 Å². The highest BCUT2D eigenvalue weighted by Gasteiger charge is 2.19. The zero-order valence-corrected chi connectivity index (χ0v) is 20.3. The number of thiophene rings is 1. The summed E-state index contributed by atoms with van der Waals surface area (Å²) in [5.41, 5.74) is 3.17. The fraction of sp³-hybridized carbons (Fsp3) is 0.0400. The van der Waals surface area contributed by atoms with E-state index in [-0.39, 0.29) is 12.1 Å². The van der Waals surface area contributed by atoms with Crippen LogP contribution in [0.25, 0.3) is 10.1 Å². The molecule has 1 aromatic heterocycles. The topological polar surface area (TPSA) is 96.9 Å². The number of nitrogens with zero attached hydrogens (tertiary/aromatic N) is 1. The summed E-state index contributed by atoms with van der Waals surface area (Å²) in [6.45, 7) is -0.283. The van der Waals surface area contributed by atoms with E-state index < -0.39 is 17.8 Å². The molecule has 0 saturated carbocycles. The number of nitrogens with one attached hydrogen (secondary N) is 2. The van der Waals surface area contributed by atoms with Crippen molar-refractivity contribution in [2.24, 2.45) is 5.10 Å². The van der Waals surface area contributed by atoms with Crippen molar-refractivity contribution < 1.29 is 19.1 Å². The Labute approximate surface area is 214 Å². The molecular weight excluding hydrogens is 509 g/mol. The van der Waals surface area contributed by atoms with Crippen molar-refractivity contribution in [3.63, 3.8) is 0 Å². The van der Waals surface area contributed by atoms with Crippen LogP contribution in [0.3, 0.4) is 0 Å². The van der Waals surface area contributed by atoms with Gasteiger partial charge in [-0.25, -0.2) is 10.2 Å². The highest BCUT2D eigenvalue weighted by Crippen LogP contribution is 2.35. The fourth-order valence-electron chi connectivity index (χ4n) is 3.08. The number of carbonyl (C=O) groups is 3.